The monoisotopic (exact) mass is 287 g/mol. The number of benzene rings is 1. The molecule has 1 saturated heterocycles. The van der Waals surface area contributed by atoms with E-state index in [1.54, 1.807) is 0 Å². The fraction of sp³-hybridized carbons (Fsp3) is 0.500. The third-order valence-corrected chi connectivity index (χ3v) is 4.41. The molecule has 0 bridgehead atoms. The van der Waals surface area contributed by atoms with Gasteiger partial charge in [0.05, 0.1) is 6.04 Å². The van der Waals surface area contributed by atoms with Crippen molar-refractivity contribution in [3.8, 4) is 0 Å². The normalized spacial score (nSPS) is 29.3. The number of nitrogens with two attached hydrogens (primary N) is 1. The van der Waals surface area contributed by atoms with Crippen LogP contribution in [0.4, 0.5) is 0 Å². The van der Waals surface area contributed by atoms with E-state index in [1.807, 2.05) is 35.2 Å². The zero-order valence-electron chi connectivity index (χ0n) is 12.2. The molecule has 3 rings (SSSR count). The average molecular weight is 287 g/mol. The predicted octanol–water partition coefficient (Wildman–Crippen LogP) is 0.812. The predicted molar refractivity (Wildman–Crippen MR) is 79.2 cm³/mol. The average Bonchev–Trinajstić information content (AvgIpc) is 3.09. The van der Waals surface area contributed by atoms with Gasteiger partial charge in [-0.15, -0.1) is 0 Å². The van der Waals surface area contributed by atoms with Crippen LogP contribution in [0.2, 0.25) is 0 Å². The number of nitrogens with one attached hydrogen (secondary N) is 1. The number of rotatable bonds is 4. The fourth-order valence-corrected chi connectivity index (χ4v) is 2.99. The first kappa shape index (κ1) is 14.1. The van der Waals surface area contributed by atoms with Crippen LogP contribution in [-0.2, 0) is 9.59 Å². The second-order valence-electron chi connectivity index (χ2n) is 6.12. The smallest absolute Gasteiger partial charge is 0.241 e. The summed E-state index contributed by atoms with van der Waals surface area (Å²) in [6.07, 6.45) is 1.46. The van der Waals surface area contributed by atoms with Crippen molar-refractivity contribution in [2.24, 2.45) is 11.7 Å². The molecule has 3 N–H and O–H groups in total. The summed E-state index contributed by atoms with van der Waals surface area (Å²) in [6, 6.07) is 8.85. The highest BCUT2D eigenvalue weighted by molar-refractivity contribution is 5.85. The Morgan fingerprint density at radius 2 is 2.05 bits per heavy atom. The van der Waals surface area contributed by atoms with Gasteiger partial charge in [0.2, 0.25) is 11.8 Å². The van der Waals surface area contributed by atoms with Crippen molar-refractivity contribution in [3.05, 3.63) is 35.9 Å². The molecule has 5 heteroatoms. The van der Waals surface area contributed by atoms with Crippen LogP contribution in [0.3, 0.4) is 0 Å². The van der Waals surface area contributed by atoms with Crippen molar-refractivity contribution in [2.75, 3.05) is 6.54 Å². The Bertz CT molecular complexity index is 546. The zero-order chi connectivity index (χ0) is 15.0. The standard InChI is InChI=1S/C16H21N3O2/c1-10-7-13(10)19-9-12(8-14(19)20)18-16(21)15(17)11-5-3-2-4-6-11/h2-6,10,12-13,15H,7-9,17H2,1H3,(H,18,21). The molecule has 0 aromatic heterocycles. The molecule has 1 saturated carbocycles. The molecule has 0 radical (unpaired) electrons. The number of hydrogen-bond acceptors (Lipinski definition) is 3. The minimum Gasteiger partial charge on any atom is -0.349 e. The lowest BCUT2D eigenvalue weighted by molar-refractivity contribution is -0.128. The molecule has 2 aliphatic rings. The highest BCUT2D eigenvalue weighted by Gasteiger charge is 2.45. The summed E-state index contributed by atoms with van der Waals surface area (Å²) in [7, 11) is 0. The van der Waals surface area contributed by atoms with Gasteiger partial charge in [-0.2, -0.15) is 0 Å². The van der Waals surface area contributed by atoms with Gasteiger partial charge in [0.1, 0.15) is 6.04 Å². The molecular weight excluding hydrogens is 266 g/mol. The van der Waals surface area contributed by atoms with E-state index in [0.717, 1.165) is 12.0 Å². The number of carbonyl (C=O) groups excluding carboxylic acids is 2. The van der Waals surface area contributed by atoms with Crippen LogP contribution in [-0.4, -0.2) is 35.3 Å². The summed E-state index contributed by atoms with van der Waals surface area (Å²) in [6.45, 7) is 2.76. The van der Waals surface area contributed by atoms with E-state index in [1.165, 1.54) is 0 Å². The Morgan fingerprint density at radius 3 is 2.67 bits per heavy atom. The first-order valence-corrected chi connectivity index (χ1v) is 7.46. The van der Waals surface area contributed by atoms with E-state index in [2.05, 4.69) is 12.2 Å². The maximum absolute atomic E-state index is 12.2. The fourth-order valence-electron chi connectivity index (χ4n) is 2.99. The van der Waals surface area contributed by atoms with Gasteiger partial charge in [0.15, 0.2) is 0 Å². The quantitative estimate of drug-likeness (QED) is 0.860. The van der Waals surface area contributed by atoms with E-state index in [0.29, 0.717) is 24.9 Å². The highest BCUT2D eigenvalue weighted by Crippen LogP contribution is 2.37. The number of hydrogen-bond donors (Lipinski definition) is 2. The lowest BCUT2D eigenvalue weighted by Gasteiger charge is -2.18. The molecule has 1 aliphatic carbocycles. The number of likely N-dealkylation sites (tertiary alicyclic amines) is 1. The maximum atomic E-state index is 12.2. The lowest BCUT2D eigenvalue weighted by atomic mass is 10.1. The minimum atomic E-state index is -0.685. The van der Waals surface area contributed by atoms with Gasteiger partial charge in [-0.3, -0.25) is 9.59 Å². The first-order chi connectivity index (χ1) is 10.1. The SMILES string of the molecule is CC1CC1N1CC(NC(=O)C(N)c2ccccc2)CC1=O. The molecule has 1 aromatic carbocycles. The van der Waals surface area contributed by atoms with Gasteiger partial charge in [0.25, 0.3) is 0 Å². The van der Waals surface area contributed by atoms with Crippen LogP contribution in [0.15, 0.2) is 30.3 Å². The minimum absolute atomic E-state index is 0.118. The highest BCUT2D eigenvalue weighted by atomic mass is 16.2. The molecule has 5 nitrogen and oxygen atoms in total. The zero-order valence-corrected chi connectivity index (χ0v) is 12.2. The van der Waals surface area contributed by atoms with Crippen LogP contribution in [0.1, 0.15) is 31.4 Å². The largest absolute Gasteiger partial charge is 0.349 e. The number of amides is 2. The molecular formula is C16H21N3O2. The van der Waals surface area contributed by atoms with Gasteiger partial charge in [-0.05, 0) is 17.9 Å². The molecule has 4 unspecified atom stereocenters. The van der Waals surface area contributed by atoms with E-state index < -0.39 is 6.04 Å². The number of nitrogens with zero attached hydrogens (tertiary/aromatic N) is 1. The second-order valence-corrected chi connectivity index (χ2v) is 6.12. The molecule has 2 amide bonds. The molecule has 1 heterocycles. The van der Waals surface area contributed by atoms with Crippen molar-refractivity contribution in [1.82, 2.24) is 10.2 Å². The summed E-state index contributed by atoms with van der Waals surface area (Å²) < 4.78 is 0. The van der Waals surface area contributed by atoms with Gasteiger partial charge in [0, 0.05) is 19.0 Å². The van der Waals surface area contributed by atoms with Gasteiger partial charge in [-0.1, -0.05) is 37.3 Å². The van der Waals surface area contributed by atoms with Crippen molar-refractivity contribution in [1.29, 1.82) is 0 Å². The van der Waals surface area contributed by atoms with E-state index >= 15 is 0 Å². The van der Waals surface area contributed by atoms with Crippen LogP contribution < -0.4 is 11.1 Å². The van der Waals surface area contributed by atoms with Crippen molar-refractivity contribution in [3.63, 3.8) is 0 Å². The van der Waals surface area contributed by atoms with Crippen LogP contribution in [0.25, 0.3) is 0 Å². The lowest BCUT2D eigenvalue weighted by Crippen LogP contribution is -2.42. The molecule has 1 aliphatic heterocycles. The van der Waals surface area contributed by atoms with Crippen LogP contribution >= 0.6 is 0 Å². The van der Waals surface area contributed by atoms with Crippen molar-refractivity contribution >= 4 is 11.8 Å². The van der Waals surface area contributed by atoms with Gasteiger partial charge in [-0.25, -0.2) is 0 Å². The second kappa shape index (κ2) is 5.48. The van der Waals surface area contributed by atoms with E-state index in [-0.39, 0.29) is 17.9 Å². The molecule has 2 fully saturated rings. The molecule has 112 valence electrons. The Balaban J connectivity index is 1.57. The van der Waals surface area contributed by atoms with Crippen LogP contribution in [0, 0.1) is 5.92 Å². The van der Waals surface area contributed by atoms with Crippen molar-refractivity contribution < 1.29 is 9.59 Å². The summed E-state index contributed by atoms with van der Waals surface area (Å²) >= 11 is 0. The molecule has 21 heavy (non-hydrogen) atoms. The summed E-state index contributed by atoms with van der Waals surface area (Å²) in [5.74, 6) is 0.516. The van der Waals surface area contributed by atoms with Gasteiger partial charge >= 0.3 is 0 Å². The van der Waals surface area contributed by atoms with E-state index in [4.69, 9.17) is 5.73 Å². The summed E-state index contributed by atoms with van der Waals surface area (Å²) in [5.41, 5.74) is 6.75. The molecule has 1 aromatic rings. The first-order valence-electron chi connectivity index (χ1n) is 7.46. The summed E-state index contributed by atoms with van der Waals surface area (Å²) in [4.78, 5) is 26.1. The summed E-state index contributed by atoms with van der Waals surface area (Å²) in [5, 5.41) is 2.91. The topological polar surface area (TPSA) is 75.4 Å². The molecule has 4 atom stereocenters. The number of carbonyl (C=O) groups is 2. The van der Waals surface area contributed by atoms with Crippen molar-refractivity contribution in [2.45, 2.75) is 37.9 Å². The molecule has 0 spiro atoms. The Morgan fingerprint density at radius 1 is 1.38 bits per heavy atom. The van der Waals surface area contributed by atoms with Gasteiger partial charge < -0.3 is 16.0 Å². The third kappa shape index (κ3) is 2.93. The Kier molecular flexibility index (Phi) is 3.68. The maximum Gasteiger partial charge on any atom is 0.241 e. The van der Waals surface area contributed by atoms with Crippen LogP contribution in [0.5, 0.6) is 0 Å². The Hall–Kier alpha value is -1.88. The van der Waals surface area contributed by atoms with E-state index in [9.17, 15) is 9.59 Å². The Labute approximate surface area is 124 Å². The third-order valence-electron chi connectivity index (χ3n) is 4.41.